The summed E-state index contributed by atoms with van der Waals surface area (Å²) in [6, 6.07) is 7.54. The highest BCUT2D eigenvalue weighted by Gasteiger charge is 2.22. The first-order valence-electron chi connectivity index (χ1n) is 6.14. The summed E-state index contributed by atoms with van der Waals surface area (Å²) in [5.74, 6) is -0.156. The van der Waals surface area contributed by atoms with Gasteiger partial charge in [-0.25, -0.2) is 0 Å². The van der Waals surface area contributed by atoms with E-state index < -0.39 is 0 Å². The fraction of sp³-hybridized carbons (Fsp3) is 0.429. The first kappa shape index (κ1) is 12.6. The highest BCUT2D eigenvalue weighted by atomic mass is 16.5. The molecule has 0 saturated carbocycles. The average Bonchev–Trinajstić information content (AvgIpc) is 2.40. The van der Waals surface area contributed by atoms with Gasteiger partial charge in [0.25, 0.3) is 5.91 Å². The first-order valence-corrected chi connectivity index (χ1v) is 6.14. The Labute approximate surface area is 107 Å². The molecule has 1 fully saturated rings. The van der Waals surface area contributed by atoms with Gasteiger partial charge >= 0.3 is 0 Å². The summed E-state index contributed by atoms with van der Waals surface area (Å²) in [6.45, 7) is 2.49. The molecule has 94 valence electrons. The van der Waals surface area contributed by atoms with Gasteiger partial charge in [-0.15, -0.1) is 0 Å². The molecule has 1 saturated heterocycles. The highest BCUT2D eigenvalue weighted by Crippen LogP contribution is 2.20. The van der Waals surface area contributed by atoms with Crippen LogP contribution in [0.5, 0.6) is 0 Å². The third-order valence-corrected chi connectivity index (χ3v) is 3.11. The van der Waals surface area contributed by atoms with Gasteiger partial charge in [0.05, 0.1) is 11.3 Å². The summed E-state index contributed by atoms with van der Waals surface area (Å²) in [6.07, 6.45) is 2.39. The van der Waals surface area contributed by atoms with Crippen LogP contribution in [-0.2, 0) is 9.53 Å². The fourth-order valence-electron chi connectivity index (χ4n) is 2.08. The van der Waals surface area contributed by atoms with Gasteiger partial charge in [0, 0.05) is 6.61 Å². The Morgan fingerprint density at radius 1 is 1.50 bits per heavy atom. The monoisotopic (exact) mass is 244 g/mol. The van der Waals surface area contributed by atoms with Gasteiger partial charge in [-0.1, -0.05) is 12.1 Å². The van der Waals surface area contributed by atoms with Crippen molar-refractivity contribution in [3.63, 3.8) is 0 Å². The standard InChI is InChI=1S/C14H16N2O2/c1-10-5-4-6-12(11(10)9-15)16-14(17)13-7-2-3-8-18-13/h4-6,13H,2-3,7-8H2,1H3,(H,16,17). The van der Waals surface area contributed by atoms with Gasteiger partial charge in [-0.2, -0.15) is 5.26 Å². The number of amides is 1. The minimum absolute atomic E-state index is 0.156. The lowest BCUT2D eigenvalue weighted by Crippen LogP contribution is -2.33. The number of carbonyl (C=O) groups excluding carboxylic acids is 1. The van der Waals surface area contributed by atoms with Crippen LogP contribution in [0.1, 0.15) is 30.4 Å². The summed E-state index contributed by atoms with van der Waals surface area (Å²) < 4.78 is 5.42. The molecule has 0 aromatic heterocycles. The van der Waals surface area contributed by atoms with Crippen LogP contribution in [0.15, 0.2) is 18.2 Å². The largest absolute Gasteiger partial charge is 0.368 e. The molecule has 1 aliphatic rings. The second kappa shape index (κ2) is 5.65. The number of ether oxygens (including phenoxy) is 1. The number of rotatable bonds is 2. The molecule has 0 bridgehead atoms. The van der Waals surface area contributed by atoms with Crippen LogP contribution in [0.4, 0.5) is 5.69 Å². The van der Waals surface area contributed by atoms with Crippen molar-refractivity contribution >= 4 is 11.6 Å². The molecule has 1 atom stereocenters. The lowest BCUT2D eigenvalue weighted by molar-refractivity contribution is -0.129. The van der Waals surface area contributed by atoms with Crippen LogP contribution in [0, 0.1) is 18.3 Å². The van der Waals surface area contributed by atoms with E-state index in [4.69, 9.17) is 10.00 Å². The number of hydrogen-bond donors (Lipinski definition) is 1. The van der Waals surface area contributed by atoms with E-state index in [1.54, 1.807) is 6.07 Å². The van der Waals surface area contributed by atoms with E-state index in [0.29, 0.717) is 17.9 Å². The molecule has 4 heteroatoms. The molecule has 0 aliphatic carbocycles. The minimum atomic E-state index is -0.384. The van der Waals surface area contributed by atoms with Crippen LogP contribution in [-0.4, -0.2) is 18.6 Å². The van der Waals surface area contributed by atoms with Crippen molar-refractivity contribution in [3.05, 3.63) is 29.3 Å². The van der Waals surface area contributed by atoms with E-state index in [-0.39, 0.29) is 12.0 Å². The molecular formula is C14H16N2O2. The Balaban J connectivity index is 2.12. The van der Waals surface area contributed by atoms with E-state index in [0.717, 1.165) is 24.8 Å². The lowest BCUT2D eigenvalue weighted by Gasteiger charge is -2.22. The lowest BCUT2D eigenvalue weighted by atomic mass is 10.1. The van der Waals surface area contributed by atoms with Gasteiger partial charge in [0.15, 0.2) is 0 Å². The quantitative estimate of drug-likeness (QED) is 0.868. The number of carbonyl (C=O) groups is 1. The number of nitrogens with one attached hydrogen (secondary N) is 1. The number of benzene rings is 1. The zero-order chi connectivity index (χ0) is 13.0. The summed E-state index contributed by atoms with van der Waals surface area (Å²) in [4.78, 5) is 12.0. The predicted molar refractivity (Wildman–Crippen MR) is 68.1 cm³/mol. The molecule has 1 N–H and O–H groups in total. The van der Waals surface area contributed by atoms with Crippen molar-refractivity contribution in [2.24, 2.45) is 0 Å². The molecule has 1 amide bonds. The molecule has 4 nitrogen and oxygen atoms in total. The van der Waals surface area contributed by atoms with Gasteiger partial charge in [-0.3, -0.25) is 4.79 Å². The van der Waals surface area contributed by atoms with E-state index in [2.05, 4.69) is 11.4 Å². The summed E-state index contributed by atoms with van der Waals surface area (Å²) >= 11 is 0. The second-order valence-corrected chi connectivity index (χ2v) is 4.45. The molecule has 0 spiro atoms. The average molecular weight is 244 g/mol. The van der Waals surface area contributed by atoms with Crippen LogP contribution < -0.4 is 5.32 Å². The zero-order valence-corrected chi connectivity index (χ0v) is 10.4. The second-order valence-electron chi connectivity index (χ2n) is 4.45. The maximum atomic E-state index is 12.0. The molecule has 0 radical (unpaired) electrons. The molecule has 1 unspecified atom stereocenters. The number of hydrogen-bond acceptors (Lipinski definition) is 3. The summed E-state index contributed by atoms with van der Waals surface area (Å²) in [5, 5.41) is 11.9. The van der Waals surface area contributed by atoms with Crippen LogP contribution >= 0.6 is 0 Å². The van der Waals surface area contributed by atoms with Gasteiger partial charge in [0.1, 0.15) is 12.2 Å². The van der Waals surface area contributed by atoms with Crippen molar-refractivity contribution < 1.29 is 9.53 Å². The molecule has 1 aromatic rings. The van der Waals surface area contributed by atoms with Gasteiger partial charge in [0.2, 0.25) is 0 Å². The molecule has 18 heavy (non-hydrogen) atoms. The smallest absolute Gasteiger partial charge is 0.253 e. The van der Waals surface area contributed by atoms with Crippen LogP contribution in [0.2, 0.25) is 0 Å². The SMILES string of the molecule is Cc1cccc(NC(=O)C2CCCCO2)c1C#N. The van der Waals surface area contributed by atoms with Crippen LogP contribution in [0.25, 0.3) is 0 Å². The highest BCUT2D eigenvalue weighted by molar-refractivity contribution is 5.95. The van der Waals surface area contributed by atoms with Gasteiger partial charge in [-0.05, 0) is 37.8 Å². The Kier molecular flexibility index (Phi) is 3.96. The molecule has 1 aromatic carbocycles. The Hall–Kier alpha value is -1.86. The van der Waals surface area contributed by atoms with E-state index in [1.807, 2.05) is 19.1 Å². The van der Waals surface area contributed by atoms with Crippen molar-refractivity contribution in [3.8, 4) is 6.07 Å². The van der Waals surface area contributed by atoms with E-state index >= 15 is 0 Å². The van der Waals surface area contributed by atoms with Crippen molar-refractivity contribution in [2.45, 2.75) is 32.3 Å². The first-order chi connectivity index (χ1) is 8.72. The summed E-state index contributed by atoms with van der Waals surface area (Å²) in [5.41, 5.74) is 1.94. The van der Waals surface area contributed by atoms with Crippen molar-refractivity contribution in [1.29, 1.82) is 5.26 Å². The molecular weight excluding hydrogens is 228 g/mol. The Morgan fingerprint density at radius 3 is 3.00 bits per heavy atom. The normalized spacial score (nSPS) is 19.0. The molecule has 2 rings (SSSR count). The third kappa shape index (κ3) is 2.69. The predicted octanol–water partition coefficient (Wildman–Crippen LogP) is 2.37. The zero-order valence-electron chi connectivity index (χ0n) is 10.4. The Bertz CT molecular complexity index is 485. The fourth-order valence-corrected chi connectivity index (χ4v) is 2.08. The van der Waals surface area contributed by atoms with Crippen molar-refractivity contribution in [1.82, 2.24) is 0 Å². The number of nitriles is 1. The maximum Gasteiger partial charge on any atom is 0.253 e. The number of nitrogens with zero attached hydrogens (tertiary/aromatic N) is 1. The number of aryl methyl sites for hydroxylation is 1. The van der Waals surface area contributed by atoms with Crippen molar-refractivity contribution in [2.75, 3.05) is 11.9 Å². The summed E-state index contributed by atoms with van der Waals surface area (Å²) in [7, 11) is 0. The van der Waals surface area contributed by atoms with Crippen LogP contribution in [0.3, 0.4) is 0 Å². The molecule has 1 heterocycles. The topological polar surface area (TPSA) is 62.1 Å². The molecule has 1 aliphatic heterocycles. The Morgan fingerprint density at radius 2 is 2.33 bits per heavy atom. The van der Waals surface area contributed by atoms with E-state index in [9.17, 15) is 4.79 Å². The van der Waals surface area contributed by atoms with Gasteiger partial charge < -0.3 is 10.1 Å². The minimum Gasteiger partial charge on any atom is -0.368 e. The third-order valence-electron chi connectivity index (χ3n) is 3.11. The van der Waals surface area contributed by atoms with E-state index in [1.165, 1.54) is 0 Å². The number of anilines is 1. The maximum absolute atomic E-state index is 12.0.